The molecule has 0 spiro atoms. The molecule has 0 unspecified atom stereocenters. The summed E-state index contributed by atoms with van der Waals surface area (Å²) < 4.78 is 28.8. The van der Waals surface area contributed by atoms with Gasteiger partial charge in [-0.3, -0.25) is 4.79 Å². The summed E-state index contributed by atoms with van der Waals surface area (Å²) in [7, 11) is 0. The third kappa shape index (κ3) is 5.42. The fourth-order valence-corrected chi connectivity index (χ4v) is 1.54. The maximum Gasteiger partial charge on any atom is 0.261 e. The van der Waals surface area contributed by atoms with Crippen molar-refractivity contribution in [3.63, 3.8) is 0 Å². The van der Waals surface area contributed by atoms with Crippen LogP contribution < -0.4 is 11.1 Å². The minimum Gasteiger partial charge on any atom is -0.398 e. The molecule has 1 rings (SSSR count). The van der Waals surface area contributed by atoms with Crippen LogP contribution in [0.15, 0.2) is 22.7 Å². The zero-order valence-corrected chi connectivity index (χ0v) is 11.0. The number of rotatable bonds is 6. The van der Waals surface area contributed by atoms with Crippen LogP contribution in [0.25, 0.3) is 0 Å². The largest absolute Gasteiger partial charge is 0.398 e. The van der Waals surface area contributed by atoms with Crippen molar-refractivity contribution in [2.75, 3.05) is 24.3 Å². The normalized spacial score (nSPS) is 10.7. The molecule has 0 bridgehead atoms. The summed E-state index contributed by atoms with van der Waals surface area (Å²) in [5.41, 5.74) is 6.74. The van der Waals surface area contributed by atoms with Gasteiger partial charge in [-0.15, -0.1) is 0 Å². The molecular formula is C11H13BrF2N2O2. The first-order chi connectivity index (χ1) is 8.49. The molecule has 7 heteroatoms. The third-order valence-electron chi connectivity index (χ3n) is 2.00. The Morgan fingerprint density at radius 1 is 1.50 bits per heavy atom. The summed E-state index contributed by atoms with van der Waals surface area (Å²) in [4.78, 5) is 11.4. The Morgan fingerprint density at radius 2 is 2.22 bits per heavy atom. The minimum atomic E-state index is -2.51. The third-order valence-corrected chi connectivity index (χ3v) is 2.69. The van der Waals surface area contributed by atoms with Crippen LogP contribution in [0.1, 0.15) is 6.42 Å². The van der Waals surface area contributed by atoms with Gasteiger partial charge in [0.1, 0.15) is 6.61 Å². The minimum absolute atomic E-state index is 0.0225. The van der Waals surface area contributed by atoms with Gasteiger partial charge in [0, 0.05) is 15.8 Å². The fourth-order valence-electron chi connectivity index (χ4n) is 1.17. The maximum atomic E-state index is 11.7. The number of benzene rings is 1. The van der Waals surface area contributed by atoms with E-state index in [2.05, 4.69) is 26.0 Å². The Hall–Kier alpha value is -1.21. The Kier molecular flexibility index (Phi) is 6.00. The van der Waals surface area contributed by atoms with Crippen molar-refractivity contribution in [1.82, 2.24) is 0 Å². The van der Waals surface area contributed by atoms with Gasteiger partial charge < -0.3 is 15.8 Å². The van der Waals surface area contributed by atoms with Crippen molar-refractivity contribution in [2.45, 2.75) is 12.8 Å². The number of nitrogens with two attached hydrogens (primary N) is 1. The van der Waals surface area contributed by atoms with Crippen molar-refractivity contribution >= 4 is 33.2 Å². The molecule has 0 aromatic heterocycles. The van der Waals surface area contributed by atoms with Crippen LogP contribution in [-0.2, 0) is 9.53 Å². The predicted molar refractivity (Wildman–Crippen MR) is 68.6 cm³/mol. The highest BCUT2D eigenvalue weighted by Crippen LogP contribution is 2.23. The topological polar surface area (TPSA) is 64.3 Å². The number of amides is 1. The van der Waals surface area contributed by atoms with Crippen LogP contribution in [-0.4, -0.2) is 25.5 Å². The first kappa shape index (κ1) is 14.8. The average Bonchev–Trinajstić information content (AvgIpc) is 2.29. The molecule has 0 aliphatic carbocycles. The van der Waals surface area contributed by atoms with E-state index in [-0.39, 0.29) is 18.9 Å². The maximum absolute atomic E-state index is 11.7. The van der Waals surface area contributed by atoms with E-state index < -0.39 is 13.0 Å². The lowest BCUT2D eigenvalue weighted by Gasteiger charge is -2.07. The Labute approximate surface area is 112 Å². The van der Waals surface area contributed by atoms with Crippen LogP contribution in [0.5, 0.6) is 0 Å². The molecule has 100 valence electrons. The molecule has 18 heavy (non-hydrogen) atoms. The first-order valence-electron chi connectivity index (χ1n) is 5.20. The zero-order chi connectivity index (χ0) is 13.5. The van der Waals surface area contributed by atoms with Gasteiger partial charge >= 0.3 is 0 Å². The molecule has 0 saturated carbocycles. The molecule has 0 aliphatic rings. The van der Waals surface area contributed by atoms with Gasteiger partial charge in [0.15, 0.2) is 0 Å². The van der Waals surface area contributed by atoms with E-state index in [1.165, 1.54) is 0 Å². The van der Waals surface area contributed by atoms with Crippen molar-refractivity contribution in [3.8, 4) is 0 Å². The highest BCUT2D eigenvalue weighted by atomic mass is 79.9. The number of alkyl halides is 2. The van der Waals surface area contributed by atoms with Crippen molar-refractivity contribution < 1.29 is 18.3 Å². The van der Waals surface area contributed by atoms with Crippen LogP contribution >= 0.6 is 15.9 Å². The molecule has 1 aromatic carbocycles. The quantitative estimate of drug-likeness (QED) is 0.625. The summed E-state index contributed by atoms with van der Waals surface area (Å²) in [5.74, 6) is -0.305. The van der Waals surface area contributed by atoms with Crippen molar-refractivity contribution in [2.24, 2.45) is 0 Å². The average molecular weight is 323 g/mol. The zero-order valence-electron chi connectivity index (χ0n) is 9.46. The highest BCUT2D eigenvalue weighted by molar-refractivity contribution is 9.10. The second kappa shape index (κ2) is 7.27. The molecule has 3 N–H and O–H groups in total. The van der Waals surface area contributed by atoms with Crippen LogP contribution in [0.3, 0.4) is 0 Å². The van der Waals surface area contributed by atoms with Gasteiger partial charge in [-0.25, -0.2) is 8.78 Å². The lowest BCUT2D eigenvalue weighted by molar-refractivity contribution is -0.117. The lowest BCUT2D eigenvalue weighted by atomic mass is 10.3. The molecule has 1 aromatic rings. The molecule has 4 nitrogen and oxygen atoms in total. The molecule has 0 saturated heterocycles. The van der Waals surface area contributed by atoms with E-state index in [9.17, 15) is 13.6 Å². The smallest absolute Gasteiger partial charge is 0.261 e. The van der Waals surface area contributed by atoms with Crippen LogP contribution in [0.2, 0.25) is 0 Å². The Morgan fingerprint density at radius 3 is 2.83 bits per heavy atom. The number of carbonyl (C=O) groups excluding carboxylic acids is 1. The SMILES string of the molecule is Nc1ccc(NC(=O)CCOCC(F)F)cc1Br. The van der Waals surface area contributed by atoms with Crippen LogP contribution in [0.4, 0.5) is 20.2 Å². The van der Waals surface area contributed by atoms with Crippen molar-refractivity contribution in [3.05, 3.63) is 22.7 Å². The molecular weight excluding hydrogens is 310 g/mol. The van der Waals surface area contributed by atoms with Gasteiger partial charge in [0.2, 0.25) is 5.91 Å². The van der Waals surface area contributed by atoms with Gasteiger partial charge in [-0.1, -0.05) is 0 Å². The summed E-state index contributed by atoms with van der Waals surface area (Å²) in [6, 6.07) is 4.96. The molecule has 0 aliphatic heterocycles. The van der Waals surface area contributed by atoms with Gasteiger partial charge in [-0.2, -0.15) is 0 Å². The summed E-state index contributed by atoms with van der Waals surface area (Å²) in [5, 5.41) is 2.61. The van der Waals surface area contributed by atoms with Gasteiger partial charge in [-0.05, 0) is 34.1 Å². The van der Waals surface area contributed by atoms with E-state index in [1.54, 1.807) is 18.2 Å². The molecule has 0 atom stereocenters. The van der Waals surface area contributed by atoms with E-state index in [0.717, 1.165) is 0 Å². The number of ether oxygens (including phenoxy) is 1. The number of halogens is 3. The molecule has 0 fully saturated rings. The summed E-state index contributed by atoms with van der Waals surface area (Å²) in [6.07, 6.45) is -2.49. The second-order valence-corrected chi connectivity index (χ2v) is 4.35. The molecule has 0 heterocycles. The van der Waals surface area contributed by atoms with Gasteiger partial charge in [0.05, 0.1) is 13.0 Å². The number of anilines is 2. The summed E-state index contributed by atoms with van der Waals surface area (Å²) >= 11 is 3.23. The van der Waals surface area contributed by atoms with E-state index in [1.807, 2.05) is 0 Å². The fraction of sp³-hybridized carbons (Fsp3) is 0.364. The predicted octanol–water partition coefficient (Wildman–Crippen LogP) is 2.64. The molecule has 0 radical (unpaired) electrons. The number of hydrogen-bond acceptors (Lipinski definition) is 3. The van der Waals surface area contributed by atoms with Crippen LogP contribution in [0, 0.1) is 0 Å². The number of nitrogen functional groups attached to an aromatic ring is 1. The first-order valence-corrected chi connectivity index (χ1v) is 5.99. The number of carbonyl (C=O) groups is 1. The van der Waals surface area contributed by atoms with E-state index in [0.29, 0.717) is 15.8 Å². The second-order valence-electron chi connectivity index (χ2n) is 3.50. The number of hydrogen-bond donors (Lipinski definition) is 2. The molecule has 1 amide bonds. The Balaban J connectivity index is 2.33. The van der Waals surface area contributed by atoms with Gasteiger partial charge in [0.25, 0.3) is 6.43 Å². The van der Waals surface area contributed by atoms with Crippen molar-refractivity contribution in [1.29, 1.82) is 0 Å². The van der Waals surface area contributed by atoms with E-state index in [4.69, 9.17) is 5.73 Å². The monoisotopic (exact) mass is 322 g/mol. The standard InChI is InChI=1S/C11H13BrF2N2O2/c12-8-5-7(1-2-9(8)15)16-11(17)3-4-18-6-10(13)14/h1-2,5,10H,3-4,6,15H2,(H,16,17). The van der Waals surface area contributed by atoms with E-state index >= 15 is 0 Å². The lowest BCUT2D eigenvalue weighted by Crippen LogP contribution is -2.15. The Bertz CT molecular complexity index is 416. The summed E-state index contributed by atoms with van der Waals surface area (Å²) in [6.45, 7) is -0.687. The number of nitrogens with one attached hydrogen (secondary N) is 1. The highest BCUT2D eigenvalue weighted by Gasteiger charge is 2.06.